The van der Waals surface area contributed by atoms with Crippen LogP contribution in [0.3, 0.4) is 0 Å². The minimum Gasteiger partial charge on any atom is -0.309 e. The molecule has 0 aliphatic rings. The summed E-state index contributed by atoms with van der Waals surface area (Å²) < 4.78 is 27.0. The second-order valence-electron chi connectivity index (χ2n) is 4.69. The van der Waals surface area contributed by atoms with Gasteiger partial charge in [-0.2, -0.15) is 0 Å². The summed E-state index contributed by atoms with van der Waals surface area (Å²) in [6.45, 7) is 3.99. The van der Waals surface area contributed by atoms with Crippen LogP contribution < -0.4 is 5.32 Å². The molecule has 1 nitrogen and oxygen atoms in total. The van der Waals surface area contributed by atoms with Crippen molar-refractivity contribution in [1.82, 2.24) is 5.32 Å². The number of aryl methyl sites for hydroxylation is 2. The lowest BCUT2D eigenvalue weighted by atomic mass is 9.91. The second-order valence-corrected chi connectivity index (χ2v) is 4.69. The zero-order chi connectivity index (χ0) is 14.0. The lowest BCUT2D eigenvalue weighted by Crippen LogP contribution is -2.21. The highest BCUT2D eigenvalue weighted by Gasteiger charge is 2.19. The van der Waals surface area contributed by atoms with Crippen molar-refractivity contribution in [3.8, 4) is 0 Å². The van der Waals surface area contributed by atoms with Crippen LogP contribution in [0.1, 0.15) is 28.3 Å². The molecule has 1 unspecified atom stereocenters. The van der Waals surface area contributed by atoms with Gasteiger partial charge in [-0.3, -0.25) is 0 Å². The van der Waals surface area contributed by atoms with Gasteiger partial charge in [0.05, 0.1) is 6.04 Å². The molecule has 2 rings (SSSR count). The summed E-state index contributed by atoms with van der Waals surface area (Å²) in [6, 6.07) is 9.40. The molecule has 0 radical (unpaired) electrons. The Morgan fingerprint density at radius 1 is 1.00 bits per heavy atom. The van der Waals surface area contributed by atoms with E-state index < -0.39 is 11.6 Å². The van der Waals surface area contributed by atoms with Crippen molar-refractivity contribution < 1.29 is 8.78 Å². The van der Waals surface area contributed by atoms with Crippen molar-refractivity contribution >= 4 is 0 Å². The van der Waals surface area contributed by atoms with Gasteiger partial charge in [-0.15, -0.1) is 0 Å². The van der Waals surface area contributed by atoms with Crippen molar-refractivity contribution in [2.75, 3.05) is 7.05 Å². The molecule has 2 aromatic carbocycles. The predicted molar refractivity (Wildman–Crippen MR) is 73.2 cm³/mol. The minimum atomic E-state index is -0.558. The van der Waals surface area contributed by atoms with Gasteiger partial charge in [-0.05, 0) is 43.7 Å². The number of halogens is 2. The van der Waals surface area contributed by atoms with Crippen molar-refractivity contribution in [3.63, 3.8) is 0 Å². The van der Waals surface area contributed by atoms with E-state index in [9.17, 15) is 8.78 Å². The lowest BCUT2D eigenvalue weighted by Gasteiger charge is -2.22. The highest BCUT2D eigenvalue weighted by molar-refractivity contribution is 5.42. The van der Waals surface area contributed by atoms with Crippen molar-refractivity contribution in [2.24, 2.45) is 0 Å². The highest BCUT2D eigenvalue weighted by Crippen LogP contribution is 2.29. The third kappa shape index (κ3) is 2.66. The Morgan fingerprint density at radius 3 is 2.16 bits per heavy atom. The zero-order valence-corrected chi connectivity index (χ0v) is 11.3. The van der Waals surface area contributed by atoms with Crippen LogP contribution in [0.15, 0.2) is 36.4 Å². The molecular weight excluding hydrogens is 244 g/mol. The van der Waals surface area contributed by atoms with Gasteiger partial charge in [0.2, 0.25) is 0 Å². The van der Waals surface area contributed by atoms with E-state index in [1.54, 1.807) is 7.05 Å². The van der Waals surface area contributed by atoms with Crippen LogP contribution in [0.5, 0.6) is 0 Å². The maximum Gasteiger partial charge on any atom is 0.131 e. The van der Waals surface area contributed by atoms with Gasteiger partial charge in [0, 0.05) is 11.6 Å². The molecule has 1 N–H and O–H groups in total. The largest absolute Gasteiger partial charge is 0.309 e. The van der Waals surface area contributed by atoms with Crippen molar-refractivity contribution in [3.05, 3.63) is 70.3 Å². The van der Waals surface area contributed by atoms with Gasteiger partial charge in [0.25, 0.3) is 0 Å². The first-order valence-electron chi connectivity index (χ1n) is 6.23. The number of hydrogen-bond donors (Lipinski definition) is 1. The van der Waals surface area contributed by atoms with E-state index in [1.165, 1.54) is 12.1 Å². The fourth-order valence-corrected chi connectivity index (χ4v) is 2.47. The molecule has 0 aliphatic heterocycles. The maximum absolute atomic E-state index is 14.0. The topological polar surface area (TPSA) is 12.0 Å². The van der Waals surface area contributed by atoms with Gasteiger partial charge in [-0.1, -0.05) is 24.3 Å². The van der Waals surface area contributed by atoms with Gasteiger partial charge in [0.1, 0.15) is 11.6 Å². The average molecular weight is 261 g/mol. The Morgan fingerprint density at radius 2 is 1.63 bits per heavy atom. The first-order chi connectivity index (χ1) is 9.04. The quantitative estimate of drug-likeness (QED) is 0.883. The van der Waals surface area contributed by atoms with E-state index in [4.69, 9.17) is 0 Å². The summed E-state index contributed by atoms with van der Waals surface area (Å²) in [5, 5.41) is 3.11. The molecule has 3 heteroatoms. The van der Waals surface area contributed by atoms with E-state index in [0.29, 0.717) is 5.56 Å². The fraction of sp³-hybridized carbons (Fsp3) is 0.250. The van der Waals surface area contributed by atoms with Gasteiger partial charge < -0.3 is 5.32 Å². The van der Waals surface area contributed by atoms with Crippen LogP contribution in [0, 0.1) is 25.5 Å². The molecule has 0 saturated carbocycles. The van der Waals surface area contributed by atoms with Crippen LogP contribution in [0.4, 0.5) is 8.78 Å². The van der Waals surface area contributed by atoms with E-state index >= 15 is 0 Å². The third-order valence-corrected chi connectivity index (χ3v) is 3.39. The molecule has 0 spiro atoms. The molecule has 0 aromatic heterocycles. The molecule has 2 aromatic rings. The van der Waals surface area contributed by atoms with Crippen LogP contribution >= 0.6 is 0 Å². The summed E-state index contributed by atoms with van der Waals surface area (Å²) in [4.78, 5) is 0. The number of nitrogens with one attached hydrogen (secondary N) is 1. The van der Waals surface area contributed by atoms with Crippen LogP contribution in [0.25, 0.3) is 0 Å². The molecule has 0 aliphatic carbocycles. The standard InChI is InChI=1S/C16H17F2N/c1-10-5-4-6-11(2)15(10)16(19-3)13-8-7-12(17)9-14(13)18/h4-9,16,19H,1-3H3. The molecular formula is C16H17F2N. The first-order valence-corrected chi connectivity index (χ1v) is 6.23. The van der Waals surface area contributed by atoms with Crippen molar-refractivity contribution in [2.45, 2.75) is 19.9 Å². The highest BCUT2D eigenvalue weighted by atomic mass is 19.1. The second kappa shape index (κ2) is 5.49. The van der Waals surface area contributed by atoms with Crippen LogP contribution in [0.2, 0.25) is 0 Å². The molecule has 1 atom stereocenters. The average Bonchev–Trinajstić information content (AvgIpc) is 2.35. The normalized spacial score (nSPS) is 12.5. The van der Waals surface area contributed by atoms with E-state index in [2.05, 4.69) is 5.32 Å². The Bertz CT molecular complexity index is 573. The Kier molecular flexibility index (Phi) is 3.96. The third-order valence-electron chi connectivity index (χ3n) is 3.39. The minimum absolute atomic E-state index is 0.276. The van der Waals surface area contributed by atoms with Crippen molar-refractivity contribution in [1.29, 1.82) is 0 Å². The molecule has 0 fully saturated rings. The Hall–Kier alpha value is -1.74. The maximum atomic E-state index is 14.0. The number of rotatable bonds is 3. The first kappa shape index (κ1) is 13.7. The zero-order valence-electron chi connectivity index (χ0n) is 11.3. The van der Waals surface area contributed by atoms with E-state index in [1.807, 2.05) is 32.0 Å². The van der Waals surface area contributed by atoms with Crippen LogP contribution in [-0.4, -0.2) is 7.05 Å². The molecule has 0 heterocycles. The predicted octanol–water partition coefficient (Wildman–Crippen LogP) is 3.89. The summed E-state index contributed by atoms with van der Waals surface area (Å²) in [5.41, 5.74) is 3.67. The monoisotopic (exact) mass is 261 g/mol. The van der Waals surface area contributed by atoms with E-state index in [0.717, 1.165) is 22.8 Å². The van der Waals surface area contributed by atoms with Crippen LogP contribution in [-0.2, 0) is 0 Å². The Labute approximate surface area is 112 Å². The molecule has 100 valence electrons. The lowest BCUT2D eigenvalue weighted by molar-refractivity contribution is 0.550. The summed E-state index contributed by atoms with van der Waals surface area (Å²) in [7, 11) is 1.78. The van der Waals surface area contributed by atoms with E-state index in [-0.39, 0.29) is 6.04 Å². The molecule has 19 heavy (non-hydrogen) atoms. The molecule has 0 saturated heterocycles. The van der Waals surface area contributed by atoms with Gasteiger partial charge in [0.15, 0.2) is 0 Å². The fourth-order valence-electron chi connectivity index (χ4n) is 2.47. The number of benzene rings is 2. The summed E-state index contributed by atoms with van der Waals surface area (Å²) in [6.07, 6.45) is 0. The molecule has 0 amide bonds. The molecule has 0 bridgehead atoms. The smallest absolute Gasteiger partial charge is 0.131 e. The Balaban J connectivity index is 2.56. The summed E-state index contributed by atoms with van der Waals surface area (Å²) in [5.74, 6) is -1.08. The number of hydrogen-bond acceptors (Lipinski definition) is 1. The SMILES string of the molecule is CNC(c1ccc(F)cc1F)c1c(C)cccc1C. The van der Waals surface area contributed by atoms with Gasteiger partial charge in [-0.25, -0.2) is 8.78 Å². The summed E-state index contributed by atoms with van der Waals surface area (Å²) >= 11 is 0. The van der Waals surface area contributed by atoms with Gasteiger partial charge >= 0.3 is 0 Å².